The predicted octanol–water partition coefficient (Wildman–Crippen LogP) is 3.44. The second-order valence-corrected chi connectivity index (χ2v) is 6.29. The van der Waals surface area contributed by atoms with Gasteiger partial charge in [-0.05, 0) is 38.1 Å². The van der Waals surface area contributed by atoms with Gasteiger partial charge in [-0.15, -0.1) is 0 Å². The molecule has 0 aliphatic rings. The largest absolute Gasteiger partial charge is 0.395 e. The highest BCUT2D eigenvalue weighted by Crippen LogP contribution is 2.25. The minimum Gasteiger partial charge on any atom is -0.395 e. The van der Waals surface area contributed by atoms with E-state index < -0.39 is 0 Å². The molecule has 0 fully saturated rings. The number of carbonyl (C=O) groups is 1. The van der Waals surface area contributed by atoms with Crippen LogP contribution in [0.1, 0.15) is 22.8 Å². The van der Waals surface area contributed by atoms with E-state index in [2.05, 4.69) is 5.10 Å². The smallest absolute Gasteiger partial charge is 0.257 e. The van der Waals surface area contributed by atoms with Crippen molar-refractivity contribution in [2.45, 2.75) is 13.8 Å². The van der Waals surface area contributed by atoms with E-state index in [9.17, 15) is 14.3 Å². The Balaban J connectivity index is 2.10. The Morgan fingerprint density at radius 3 is 2.41 bits per heavy atom. The van der Waals surface area contributed by atoms with Gasteiger partial charge in [0.1, 0.15) is 11.5 Å². The van der Waals surface area contributed by atoms with E-state index in [-0.39, 0.29) is 24.9 Å². The van der Waals surface area contributed by atoms with E-state index >= 15 is 0 Å². The van der Waals surface area contributed by atoms with Crippen LogP contribution < -0.4 is 0 Å². The highest BCUT2D eigenvalue weighted by Gasteiger charge is 2.22. The highest BCUT2D eigenvalue weighted by molar-refractivity contribution is 6.00. The molecule has 6 heteroatoms. The number of likely N-dealkylation sites (N-methyl/N-ethyl adjacent to an activating group) is 1. The normalized spacial score (nSPS) is 10.8. The summed E-state index contributed by atoms with van der Waals surface area (Å²) in [6, 6.07) is 13.7. The van der Waals surface area contributed by atoms with Crippen molar-refractivity contribution in [3.05, 3.63) is 71.7 Å². The number of nitrogens with zero attached hydrogens (tertiary/aromatic N) is 3. The summed E-state index contributed by atoms with van der Waals surface area (Å²) in [5.74, 6) is -0.531. The first kappa shape index (κ1) is 18.8. The molecule has 0 saturated carbocycles. The predicted molar refractivity (Wildman–Crippen MR) is 102 cm³/mol. The Bertz CT molecular complexity index is 918. The van der Waals surface area contributed by atoms with Crippen LogP contribution in [-0.2, 0) is 0 Å². The van der Waals surface area contributed by atoms with Crippen LogP contribution in [0.15, 0.2) is 54.7 Å². The number of hydrogen-bond donors (Lipinski definition) is 1. The lowest BCUT2D eigenvalue weighted by Gasteiger charge is -2.19. The molecule has 1 amide bonds. The number of aliphatic hydroxyl groups excluding tert-OH is 1. The number of hydrogen-bond acceptors (Lipinski definition) is 3. The molecule has 140 valence electrons. The Morgan fingerprint density at radius 1 is 1.15 bits per heavy atom. The molecule has 1 N–H and O–H groups in total. The molecule has 3 aromatic rings. The summed E-state index contributed by atoms with van der Waals surface area (Å²) < 4.78 is 14.8. The van der Waals surface area contributed by atoms with Crippen molar-refractivity contribution in [2.75, 3.05) is 19.7 Å². The van der Waals surface area contributed by atoms with Gasteiger partial charge in [0.15, 0.2) is 0 Å². The number of carbonyl (C=O) groups excluding carboxylic acids is 1. The topological polar surface area (TPSA) is 58.4 Å². The zero-order valence-corrected chi connectivity index (χ0v) is 15.4. The van der Waals surface area contributed by atoms with Gasteiger partial charge in [0.05, 0.1) is 17.9 Å². The molecule has 5 nitrogen and oxygen atoms in total. The highest BCUT2D eigenvalue weighted by atomic mass is 19.1. The summed E-state index contributed by atoms with van der Waals surface area (Å²) in [4.78, 5) is 14.6. The number of benzene rings is 2. The number of aromatic nitrogens is 2. The molecule has 0 radical (unpaired) electrons. The maximum absolute atomic E-state index is 13.2. The average Bonchev–Trinajstić information content (AvgIpc) is 3.12. The third kappa shape index (κ3) is 4.06. The van der Waals surface area contributed by atoms with Gasteiger partial charge in [-0.2, -0.15) is 5.10 Å². The van der Waals surface area contributed by atoms with Gasteiger partial charge >= 0.3 is 0 Å². The fraction of sp³-hybridized carbons (Fsp3) is 0.238. The van der Waals surface area contributed by atoms with Crippen LogP contribution in [0.2, 0.25) is 0 Å². The zero-order chi connectivity index (χ0) is 19.4. The Kier molecular flexibility index (Phi) is 5.66. The molecule has 0 aliphatic heterocycles. The first-order valence-electron chi connectivity index (χ1n) is 8.86. The van der Waals surface area contributed by atoms with Crippen LogP contribution in [0.5, 0.6) is 0 Å². The Hall–Kier alpha value is -2.99. The van der Waals surface area contributed by atoms with Gasteiger partial charge in [0.2, 0.25) is 0 Å². The lowest BCUT2D eigenvalue weighted by molar-refractivity contribution is 0.0732. The molecule has 0 saturated heterocycles. The molecule has 2 aromatic carbocycles. The zero-order valence-electron chi connectivity index (χ0n) is 15.4. The number of rotatable bonds is 6. The van der Waals surface area contributed by atoms with E-state index in [1.807, 2.05) is 38.1 Å². The minimum absolute atomic E-state index is 0.106. The van der Waals surface area contributed by atoms with E-state index in [1.54, 1.807) is 27.9 Å². The maximum Gasteiger partial charge on any atom is 0.257 e. The van der Waals surface area contributed by atoms with Crippen LogP contribution in [0, 0.1) is 12.7 Å². The van der Waals surface area contributed by atoms with Gasteiger partial charge < -0.3 is 10.0 Å². The van der Waals surface area contributed by atoms with Crippen molar-refractivity contribution < 1.29 is 14.3 Å². The average molecular weight is 367 g/mol. The van der Waals surface area contributed by atoms with Gasteiger partial charge in [0, 0.05) is 24.8 Å². The Morgan fingerprint density at radius 2 is 1.81 bits per heavy atom. The van der Waals surface area contributed by atoms with Crippen molar-refractivity contribution in [2.24, 2.45) is 0 Å². The number of amides is 1. The van der Waals surface area contributed by atoms with Crippen LogP contribution >= 0.6 is 0 Å². The summed E-state index contributed by atoms with van der Waals surface area (Å²) in [7, 11) is 0. The van der Waals surface area contributed by atoms with E-state index in [0.717, 1.165) is 11.1 Å². The third-order valence-electron chi connectivity index (χ3n) is 4.40. The second-order valence-electron chi connectivity index (χ2n) is 6.29. The first-order valence-corrected chi connectivity index (χ1v) is 8.86. The summed E-state index contributed by atoms with van der Waals surface area (Å²) >= 11 is 0. The molecule has 0 aliphatic carbocycles. The molecular formula is C21H22FN3O2. The van der Waals surface area contributed by atoms with E-state index in [0.29, 0.717) is 23.5 Å². The molecule has 3 rings (SSSR count). The molecule has 0 atom stereocenters. The standard InChI is InChI=1S/C21H22FN3O2/c1-3-24(12-13-26)21(27)19-14-25(18-10-8-17(22)9-11-18)23-20(19)16-6-4-15(2)5-7-16/h4-11,14,26H,3,12-13H2,1-2H3. The van der Waals surface area contributed by atoms with Crippen molar-refractivity contribution >= 4 is 5.91 Å². The van der Waals surface area contributed by atoms with Crippen molar-refractivity contribution in [1.29, 1.82) is 0 Å². The van der Waals surface area contributed by atoms with Crippen LogP contribution in [0.3, 0.4) is 0 Å². The van der Waals surface area contributed by atoms with Crippen LogP contribution in [0.25, 0.3) is 16.9 Å². The van der Waals surface area contributed by atoms with Gasteiger partial charge in [-0.1, -0.05) is 29.8 Å². The summed E-state index contributed by atoms with van der Waals surface area (Å²) in [5, 5.41) is 13.8. The van der Waals surface area contributed by atoms with Gasteiger partial charge in [0.25, 0.3) is 5.91 Å². The minimum atomic E-state index is -0.332. The molecule has 27 heavy (non-hydrogen) atoms. The molecule has 1 heterocycles. The van der Waals surface area contributed by atoms with E-state index in [4.69, 9.17) is 0 Å². The summed E-state index contributed by atoms with van der Waals surface area (Å²) in [5.41, 5.74) is 3.60. The van der Waals surface area contributed by atoms with Crippen LogP contribution in [-0.4, -0.2) is 45.4 Å². The van der Waals surface area contributed by atoms with Crippen molar-refractivity contribution in [3.63, 3.8) is 0 Å². The maximum atomic E-state index is 13.2. The second kappa shape index (κ2) is 8.14. The van der Waals surface area contributed by atoms with Crippen molar-refractivity contribution in [3.8, 4) is 16.9 Å². The molecular weight excluding hydrogens is 345 g/mol. The molecule has 0 bridgehead atoms. The summed E-state index contributed by atoms with van der Waals surface area (Å²) in [6.45, 7) is 4.49. The van der Waals surface area contributed by atoms with Crippen LogP contribution in [0.4, 0.5) is 4.39 Å². The number of aliphatic hydroxyl groups is 1. The Labute approximate surface area is 157 Å². The number of halogens is 1. The lowest BCUT2D eigenvalue weighted by atomic mass is 10.1. The lowest BCUT2D eigenvalue weighted by Crippen LogP contribution is -2.33. The fourth-order valence-electron chi connectivity index (χ4n) is 2.88. The third-order valence-corrected chi connectivity index (χ3v) is 4.40. The molecule has 1 aromatic heterocycles. The quantitative estimate of drug-likeness (QED) is 0.726. The van der Waals surface area contributed by atoms with Crippen molar-refractivity contribution in [1.82, 2.24) is 14.7 Å². The summed E-state index contributed by atoms with van der Waals surface area (Å²) in [6.07, 6.45) is 1.66. The first-order chi connectivity index (χ1) is 13.0. The monoisotopic (exact) mass is 367 g/mol. The van der Waals surface area contributed by atoms with Gasteiger partial charge in [-0.3, -0.25) is 4.79 Å². The van der Waals surface area contributed by atoms with E-state index in [1.165, 1.54) is 12.1 Å². The fourth-order valence-corrected chi connectivity index (χ4v) is 2.88. The SMILES string of the molecule is CCN(CCO)C(=O)c1cn(-c2ccc(F)cc2)nc1-c1ccc(C)cc1. The van der Waals surface area contributed by atoms with Gasteiger partial charge in [-0.25, -0.2) is 9.07 Å². The molecule has 0 unspecified atom stereocenters. The number of aryl methyl sites for hydroxylation is 1. The molecule has 0 spiro atoms.